The van der Waals surface area contributed by atoms with E-state index in [4.69, 9.17) is 0 Å². The van der Waals surface area contributed by atoms with E-state index in [9.17, 15) is 0 Å². The minimum atomic E-state index is 0.745. The van der Waals surface area contributed by atoms with E-state index in [1.807, 2.05) is 0 Å². The number of hydrogen-bond donors (Lipinski definition) is 0. The average Bonchev–Trinajstić information content (AvgIpc) is 3.13. The normalized spacial score (nSPS) is 14.4. The molecule has 0 heterocycles. The Hall–Kier alpha value is -1.06. The molecule has 0 aliphatic carbocycles. The third-order valence-electron chi connectivity index (χ3n) is 11.6. The van der Waals surface area contributed by atoms with Crippen LogP contribution in [0.4, 0.5) is 5.69 Å². The number of benzene rings is 1. The van der Waals surface area contributed by atoms with Gasteiger partial charge in [0.1, 0.15) is 0 Å². The lowest BCUT2D eigenvalue weighted by Gasteiger charge is -2.48. The van der Waals surface area contributed by atoms with E-state index < -0.39 is 0 Å². The number of para-hydroxylation sites is 1. The van der Waals surface area contributed by atoms with Gasteiger partial charge in [-0.2, -0.15) is 0 Å². The molecule has 49 heavy (non-hydrogen) atoms. The van der Waals surface area contributed by atoms with E-state index in [0.717, 1.165) is 23.7 Å². The molecule has 4 unspecified atom stereocenters. The highest BCUT2D eigenvalue weighted by Gasteiger charge is 2.30. The first-order valence-corrected chi connectivity index (χ1v) is 22.4. The van der Waals surface area contributed by atoms with Gasteiger partial charge >= 0.3 is 0 Å². The molecule has 1 aromatic carbocycles. The van der Waals surface area contributed by atoms with Gasteiger partial charge < -0.3 is 0 Å². The van der Waals surface area contributed by atoms with Gasteiger partial charge in [-0.25, -0.2) is 15.1 Å². The Labute approximate surface area is 309 Å². The predicted molar refractivity (Wildman–Crippen MR) is 222 cm³/mol. The van der Waals surface area contributed by atoms with Gasteiger partial charge in [0.15, 0.2) is 0 Å². The van der Waals surface area contributed by atoms with E-state index in [0.29, 0.717) is 0 Å². The van der Waals surface area contributed by atoms with Crippen LogP contribution in [0.1, 0.15) is 209 Å². The topological polar surface area (TPSA) is 9.72 Å². The second kappa shape index (κ2) is 31.7. The molecular weight excluding hydrogens is 595 g/mol. The van der Waals surface area contributed by atoms with Gasteiger partial charge in [-0.05, 0) is 61.5 Å². The van der Waals surface area contributed by atoms with Crippen molar-refractivity contribution in [2.24, 2.45) is 23.7 Å². The summed E-state index contributed by atoms with van der Waals surface area (Å²) in [5.74, 6) is 2.98. The highest BCUT2D eigenvalue weighted by atomic mass is 15.9. The molecule has 4 atom stereocenters. The molecule has 0 radical (unpaired) electrons. The molecule has 0 aliphatic heterocycles. The fourth-order valence-corrected chi connectivity index (χ4v) is 7.85. The maximum absolute atomic E-state index is 2.89. The van der Waals surface area contributed by atoms with Crippen LogP contribution >= 0.6 is 0 Å². The summed E-state index contributed by atoms with van der Waals surface area (Å²) < 4.78 is 0. The minimum absolute atomic E-state index is 0.745. The Morgan fingerprint density at radius 2 is 0.653 bits per heavy atom. The lowest BCUT2D eigenvalue weighted by atomic mass is 9.95. The first-order chi connectivity index (χ1) is 24.0. The molecule has 0 spiro atoms. The third kappa shape index (κ3) is 21.2. The summed E-state index contributed by atoms with van der Waals surface area (Å²) in [5.41, 5.74) is 1.38. The Morgan fingerprint density at radius 1 is 0.367 bits per heavy atom. The van der Waals surface area contributed by atoms with Crippen LogP contribution in [0.3, 0.4) is 0 Å². The molecule has 0 fully saturated rings. The van der Waals surface area contributed by atoms with Crippen LogP contribution in [0.5, 0.6) is 0 Å². The Balaban J connectivity index is 3.60. The van der Waals surface area contributed by atoms with Crippen molar-refractivity contribution < 1.29 is 0 Å². The number of unbranched alkanes of at least 4 members (excludes halogenated alkanes) is 12. The number of hydrogen-bond acceptors (Lipinski definition) is 3. The van der Waals surface area contributed by atoms with Crippen molar-refractivity contribution in [1.29, 1.82) is 0 Å². The van der Waals surface area contributed by atoms with E-state index in [1.54, 1.807) is 0 Å². The van der Waals surface area contributed by atoms with Crippen LogP contribution in [0.15, 0.2) is 30.3 Å². The van der Waals surface area contributed by atoms with Crippen LogP contribution in [0, 0.1) is 23.7 Å². The fourth-order valence-electron chi connectivity index (χ4n) is 7.85. The summed E-state index contributed by atoms with van der Waals surface area (Å²) in [4.78, 5) is 0. The third-order valence-corrected chi connectivity index (χ3v) is 11.6. The highest BCUT2D eigenvalue weighted by Crippen LogP contribution is 2.29. The molecule has 0 bridgehead atoms. The summed E-state index contributed by atoms with van der Waals surface area (Å²) in [7, 11) is 0. The van der Waals surface area contributed by atoms with Crippen molar-refractivity contribution in [2.45, 2.75) is 209 Å². The van der Waals surface area contributed by atoms with Crippen molar-refractivity contribution in [2.75, 3.05) is 31.3 Å². The molecule has 0 saturated heterocycles. The maximum Gasteiger partial charge on any atom is 0.0707 e. The maximum atomic E-state index is 2.89. The monoisotopic (exact) mass is 684 g/mol. The Morgan fingerprint density at radius 3 is 0.898 bits per heavy atom. The summed E-state index contributed by atoms with van der Waals surface area (Å²) in [6.45, 7) is 23.9. The average molecular weight is 684 g/mol. The lowest BCUT2D eigenvalue weighted by Crippen LogP contribution is -2.58. The van der Waals surface area contributed by atoms with Gasteiger partial charge in [-0.15, -0.1) is 0 Å². The van der Waals surface area contributed by atoms with Gasteiger partial charge in [0, 0.05) is 26.2 Å². The lowest BCUT2D eigenvalue weighted by molar-refractivity contribution is 0.0400. The fraction of sp³-hybridized carbons (Fsp3) is 0.870. The number of anilines is 1. The van der Waals surface area contributed by atoms with Crippen LogP contribution in [-0.4, -0.2) is 36.2 Å². The van der Waals surface area contributed by atoms with Gasteiger partial charge in [0.2, 0.25) is 0 Å². The van der Waals surface area contributed by atoms with Crippen molar-refractivity contribution in [3.05, 3.63) is 30.3 Å². The summed E-state index contributed by atoms with van der Waals surface area (Å²) in [6, 6.07) is 11.6. The zero-order valence-electron chi connectivity index (χ0n) is 34.8. The van der Waals surface area contributed by atoms with Crippen LogP contribution < -0.4 is 5.12 Å². The molecule has 288 valence electrons. The Kier molecular flexibility index (Phi) is 29.7. The molecule has 3 nitrogen and oxygen atoms in total. The summed E-state index contributed by atoms with van der Waals surface area (Å²) in [6.07, 6.45) is 32.5. The minimum Gasteiger partial charge on any atom is -0.236 e. The molecule has 0 aromatic heterocycles. The van der Waals surface area contributed by atoms with E-state index >= 15 is 0 Å². The molecule has 1 rings (SSSR count). The van der Waals surface area contributed by atoms with Crippen molar-refractivity contribution in [3.63, 3.8) is 0 Å². The number of nitrogens with zero attached hydrogens (tertiary/aromatic N) is 3. The second-order valence-electron chi connectivity index (χ2n) is 15.9. The van der Waals surface area contributed by atoms with Crippen molar-refractivity contribution >= 4 is 5.69 Å². The van der Waals surface area contributed by atoms with Crippen LogP contribution in [0.25, 0.3) is 0 Å². The second-order valence-corrected chi connectivity index (χ2v) is 15.9. The molecular formula is C46H89N3. The Bertz CT molecular complexity index is 720. The first kappa shape index (κ1) is 46.0. The molecule has 1 aromatic rings. The van der Waals surface area contributed by atoms with Crippen molar-refractivity contribution in [1.82, 2.24) is 10.0 Å². The smallest absolute Gasteiger partial charge is 0.0707 e. The molecule has 0 saturated carbocycles. The van der Waals surface area contributed by atoms with Gasteiger partial charge in [-0.3, -0.25) is 0 Å². The zero-order valence-corrected chi connectivity index (χ0v) is 34.8. The summed E-state index contributed by atoms with van der Waals surface area (Å²) in [5, 5.41) is 8.57. The van der Waals surface area contributed by atoms with Crippen molar-refractivity contribution in [3.8, 4) is 0 Å². The van der Waals surface area contributed by atoms with Crippen LogP contribution in [0.2, 0.25) is 0 Å². The quantitative estimate of drug-likeness (QED) is 0.0521. The van der Waals surface area contributed by atoms with E-state index in [-0.39, 0.29) is 0 Å². The zero-order chi connectivity index (χ0) is 36.0. The molecule has 0 aliphatic rings. The van der Waals surface area contributed by atoms with Crippen LogP contribution in [-0.2, 0) is 0 Å². The van der Waals surface area contributed by atoms with Gasteiger partial charge in [0.05, 0.1) is 5.69 Å². The molecule has 0 amide bonds. The highest BCUT2D eigenvalue weighted by molar-refractivity contribution is 5.44. The van der Waals surface area contributed by atoms with E-state index in [1.165, 1.54) is 186 Å². The predicted octanol–water partition coefficient (Wildman–Crippen LogP) is 14.9. The summed E-state index contributed by atoms with van der Waals surface area (Å²) >= 11 is 0. The number of hydrazine groups is 2. The standard InChI is InChI=1S/C46H89N3/c1-9-17-21-26-32-42(13-5)38-47(39-43(14-6)33-27-22-18-10-2)49(46-36-30-25-31-37-46)48(40-44(15-7)34-28-23-19-11-3)41-45(16-8)35-29-24-20-12-4/h25,30-31,36-37,42-45H,9-24,26-29,32-35,38-41H2,1-8H3. The van der Waals surface area contributed by atoms with E-state index in [2.05, 4.69) is 101 Å². The largest absolute Gasteiger partial charge is 0.236 e. The molecule has 3 heteroatoms. The SMILES string of the molecule is CCCCCCC(CC)CN(CC(CC)CCCCCC)N(c1ccccc1)N(CC(CC)CCCCCC)CC(CC)CCCCCC. The molecule has 0 N–H and O–H groups in total. The van der Waals surface area contributed by atoms with Gasteiger partial charge in [0.25, 0.3) is 0 Å². The first-order valence-electron chi connectivity index (χ1n) is 22.4. The number of rotatable bonds is 35. The van der Waals surface area contributed by atoms with Gasteiger partial charge in [-0.1, -0.05) is 202 Å².